The average Bonchev–Trinajstić information content (AvgIpc) is 2.46. The van der Waals surface area contributed by atoms with Gasteiger partial charge < -0.3 is 10.2 Å². The molecule has 0 aliphatic rings. The first kappa shape index (κ1) is 18.1. The van der Waals surface area contributed by atoms with Gasteiger partial charge in [0, 0.05) is 33.0 Å². The summed E-state index contributed by atoms with van der Waals surface area (Å²) in [4.78, 5) is 25.1. The lowest BCUT2D eigenvalue weighted by Crippen LogP contribution is -2.34. The van der Waals surface area contributed by atoms with Crippen molar-refractivity contribution in [2.75, 3.05) is 13.1 Å². The maximum absolute atomic E-state index is 12.8. The molecule has 0 unspecified atom stereocenters. The number of carbonyl (C=O) groups excluding carboxylic acids is 2. The Labute approximate surface area is 131 Å². The number of carbonyl (C=O) groups is 2. The Morgan fingerprint density at radius 3 is 2.36 bits per heavy atom. The van der Waals surface area contributed by atoms with Crippen LogP contribution >= 0.6 is 0 Å². The van der Waals surface area contributed by atoms with Crippen LogP contribution in [0.3, 0.4) is 0 Å². The molecule has 4 nitrogen and oxygen atoms in total. The number of hydrogen-bond donors (Lipinski definition) is 1. The second kappa shape index (κ2) is 9.18. The van der Waals surface area contributed by atoms with E-state index in [0.29, 0.717) is 25.6 Å². The summed E-state index contributed by atoms with van der Waals surface area (Å²) in [5, 5.41) is 2.78. The lowest BCUT2D eigenvalue weighted by molar-refractivity contribution is -0.129. The summed E-state index contributed by atoms with van der Waals surface area (Å²) in [5.74, 6) is 0.110. The summed E-state index contributed by atoms with van der Waals surface area (Å²) < 4.78 is 12.8. The van der Waals surface area contributed by atoms with Crippen LogP contribution in [0.5, 0.6) is 0 Å². The molecule has 0 bridgehead atoms. The van der Waals surface area contributed by atoms with Crippen LogP contribution in [0, 0.1) is 11.7 Å². The number of benzene rings is 1. The van der Waals surface area contributed by atoms with Crippen LogP contribution in [0.25, 0.3) is 0 Å². The van der Waals surface area contributed by atoms with E-state index in [9.17, 15) is 14.0 Å². The van der Waals surface area contributed by atoms with Gasteiger partial charge in [-0.15, -0.1) is 0 Å². The number of halogens is 1. The lowest BCUT2D eigenvalue weighted by atomic mass is 10.1. The zero-order valence-electron chi connectivity index (χ0n) is 13.6. The molecule has 0 atom stereocenters. The molecule has 0 saturated carbocycles. The molecular formula is C17H25FN2O2. The van der Waals surface area contributed by atoms with E-state index in [-0.39, 0.29) is 24.1 Å². The van der Waals surface area contributed by atoms with Crippen LogP contribution in [-0.4, -0.2) is 29.8 Å². The predicted octanol–water partition coefficient (Wildman–Crippen LogP) is 2.73. The van der Waals surface area contributed by atoms with Gasteiger partial charge in [-0.3, -0.25) is 9.59 Å². The summed E-state index contributed by atoms with van der Waals surface area (Å²) in [6, 6.07) is 6.01. The number of rotatable bonds is 8. The molecular weight excluding hydrogens is 283 g/mol. The Balaban J connectivity index is 2.33. The first-order valence-corrected chi connectivity index (χ1v) is 7.65. The maximum Gasteiger partial charge on any atom is 0.222 e. The van der Waals surface area contributed by atoms with Crippen molar-refractivity contribution >= 4 is 11.8 Å². The third-order valence-corrected chi connectivity index (χ3v) is 3.43. The molecule has 0 radical (unpaired) electrons. The van der Waals surface area contributed by atoms with Crippen molar-refractivity contribution in [2.45, 2.75) is 40.2 Å². The van der Waals surface area contributed by atoms with Crippen LogP contribution in [0.1, 0.15) is 39.2 Å². The van der Waals surface area contributed by atoms with Crippen molar-refractivity contribution in [1.29, 1.82) is 0 Å². The normalized spacial score (nSPS) is 10.6. The predicted molar refractivity (Wildman–Crippen MR) is 84.6 cm³/mol. The maximum atomic E-state index is 12.8. The standard InChI is InChI=1S/C17H25FN2O2/c1-13(2)8-10-20(14(3)21)11-9-17(22)19-12-15-4-6-16(18)7-5-15/h4-7,13H,8-12H2,1-3H3,(H,19,22). The number of hydrogen-bond acceptors (Lipinski definition) is 2. The van der Waals surface area contributed by atoms with E-state index in [2.05, 4.69) is 19.2 Å². The second-order valence-electron chi connectivity index (χ2n) is 5.84. The highest BCUT2D eigenvalue weighted by Crippen LogP contribution is 2.04. The van der Waals surface area contributed by atoms with Crippen molar-refractivity contribution in [3.05, 3.63) is 35.6 Å². The highest BCUT2D eigenvalue weighted by molar-refractivity contribution is 5.78. The minimum atomic E-state index is -0.294. The lowest BCUT2D eigenvalue weighted by Gasteiger charge is -2.21. The quantitative estimate of drug-likeness (QED) is 0.803. The van der Waals surface area contributed by atoms with E-state index >= 15 is 0 Å². The molecule has 5 heteroatoms. The SMILES string of the molecule is CC(=O)N(CCC(=O)NCc1ccc(F)cc1)CCC(C)C. The molecule has 1 aromatic carbocycles. The molecule has 1 rings (SSSR count). The molecule has 2 amide bonds. The van der Waals surface area contributed by atoms with Gasteiger partial charge in [0.25, 0.3) is 0 Å². The molecule has 0 spiro atoms. The molecule has 0 saturated heterocycles. The largest absolute Gasteiger partial charge is 0.352 e. The molecule has 0 aromatic heterocycles. The van der Waals surface area contributed by atoms with Crippen LogP contribution < -0.4 is 5.32 Å². The van der Waals surface area contributed by atoms with E-state index in [0.717, 1.165) is 12.0 Å². The number of amides is 2. The van der Waals surface area contributed by atoms with Gasteiger partial charge >= 0.3 is 0 Å². The fourth-order valence-corrected chi connectivity index (χ4v) is 1.97. The van der Waals surface area contributed by atoms with Crippen molar-refractivity contribution < 1.29 is 14.0 Å². The van der Waals surface area contributed by atoms with E-state index in [1.807, 2.05) is 0 Å². The first-order chi connectivity index (χ1) is 10.4. The van der Waals surface area contributed by atoms with Crippen LogP contribution in [0.4, 0.5) is 4.39 Å². The van der Waals surface area contributed by atoms with Crippen LogP contribution in [0.15, 0.2) is 24.3 Å². The van der Waals surface area contributed by atoms with Gasteiger partial charge in [-0.2, -0.15) is 0 Å². The van der Waals surface area contributed by atoms with Crippen molar-refractivity contribution in [2.24, 2.45) is 5.92 Å². The molecule has 1 N–H and O–H groups in total. The van der Waals surface area contributed by atoms with Crippen molar-refractivity contribution in [1.82, 2.24) is 10.2 Å². The van der Waals surface area contributed by atoms with Gasteiger partial charge in [0.2, 0.25) is 11.8 Å². The minimum absolute atomic E-state index is 0.00742. The second-order valence-corrected chi connectivity index (χ2v) is 5.84. The van der Waals surface area contributed by atoms with Crippen LogP contribution in [-0.2, 0) is 16.1 Å². The van der Waals surface area contributed by atoms with Gasteiger partial charge in [0.15, 0.2) is 0 Å². The zero-order valence-corrected chi connectivity index (χ0v) is 13.6. The van der Waals surface area contributed by atoms with Gasteiger partial charge in [-0.05, 0) is 30.0 Å². The fourth-order valence-electron chi connectivity index (χ4n) is 1.97. The van der Waals surface area contributed by atoms with E-state index in [1.54, 1.807) is 17.0 Å². The van der Waals surface area contributed by atoms with Crippen LogP contribution in [0.2, 0.25) is 0 Å². The molecule has 0 heterocycles. The van der Waals surface area contributed by atoms with Crippen molar-refractivity contribution in [3.63, 3.8) is 0 Å². The highest BCUT2D eigenvalue weighted by atomic mass is 19.1. The number of nitrogens with one attached hydrogen (secondary N) is 1. The van der Waals surface area contributed by atoms with Gasteiger partial charge in [0.05, 0.1) is 0 Å². The first-order valence-electron chi connectivity index (χ1n) is 7.65. The Kier molecular flexibility index (Phi) is 7.57. The summed E-state index contributed by atoms with van der Waals surface area (Å²) >= 11 is 0. The molecule has 0 fully saturated rings. The molecule has 1 aromatic rings. The zero-order chi connectivity index (χ0) is 16.5. The van der Waals surface area contributed by atoms with E-state index in [1.165, 1.54) is 19.1 Å². The third-order valence-electron chi connectivity index (χ3n) is 3.43. The topological polar surface area (TPSA) is 49.4 Å². The molecule has 122 valence electrons. The Morgan fingerprint density at radius 2 is 1.82 bits per heavy atom. The highest BCUT2D eigenvalue weighted by Gasteiger charge is 2.11. The molecule has 22 heavy (non-hydrogen) atoms. The summed E-state index contributed by atoms with van der Waals surface area (Å²) in [6.07, 6.45) is 1.20. The minimum Gasteiger partial charge on any atom is -0.352 e. The smallest absolute Gasteiger partial charge is 0.222 e. The fraction of sp³-hybridized carbons (Fsp3) is 0.529. The van der Waals surface area contributed by atoms with Gasteiger partial charge in [-0.1, -0.05) is 26.0 Å². The van der Waals surface area contributed by atoms with Crippen molar-refractivity contribution in [3.8, 4) is 0 Å². The summed E-state index contributed by atoms with van der Waals surface area (Å²) in [5.41, 5.74) is 0.845. The Hall–Kier alpha value is -1.91. The van der Waals surface area contributed by atoms with Gasteiger partial charge in [0.1, 0.15) is 5.82 Å². The Bertz CT molecular complexity index is 486. The van der Waals surface area contributed by atoms with E-state index < -0.39 is 0 Å². The number of nitrogens with zero attached hydrogens (tertiary/aromatic N) is 1. The molecule has 0 aliphatic heterocycles. The monoisotopic (exact) mass is 308 g/mol. The summed E-state index contributed by atoms with van der Waals surface area (Å²) in [7, 11) is 0. The third kappa shape index (κ3) is 7.20. The van der Waals surface area contributed by atoms with E-state index in [4.69, 9.17) is 0 Å². The summed E-state index contributed by atoms with van der Waals surface area (Å²) in [6.45, 7) is 7.21. The average molecular weight is 308 g/mol. The van der Waals surface area contributed by atoms with Gasteiger partial charge in [-0.25, -0.2) is 4.39 Å². The molecule has 0 aliphatic carbocycles. The Morgan fingerprint density at radius 1 is 1.18 bits per heavy atom.